The molecule has 6 nitrogen and oxygen atoms in total. The quantitative estimate of drug-likeness (QED) is 0.267. The molecule has 0 saturated heterocycles. The highest BCUT2D eigenvalue weighted by Gasteiger charge is 2.21. The van der Waals surface area contributed by atoms with Crippen LogP contribution in [0, 0.1) is 0 Å². The number of carbonyl (C=O) groups excluding carboxylic acids is 1. The van der Waals surface area contributed by atoms with Crippen molar-refractivity contribution >= 4 is 11.8 Å². The molecule has 0 saturated carbocycles. The maximum absolute atomic E-state index is 12.1. The van der Waals surface area contributed by atoms with Gasteiger partial charge >= 0.3 is 5.97 Å². The summed E-state index contributed by atoms with van der Waals surface area (Å²) in [5.41, 5.74) is 3.23. The normalized spacial score (nSPS) is 11.5. The molecule has 0 radical (unpaired) electrons. The summed E-state index contributed by atoms with van der Waals surface area (Å²) in [5, 5.41) is 0. The van der Waals surface area contributed by atoms with E-state index in [9.17, 15) is 4.79 Å². The summed E-state index contributed by atoms with van der Waals surface area (Å²) in [6, 6.07) is 20.4. The fourth-order valence-electron chi connectivity index (χ4n) is 3.49. The van der Waals surface area contributed by atoms with Gasteiger partial charge in [0.2, 0.25) is 0 Å². The summed E-state index contributed by atoms with van der Waals surface area (Å²) in [5.74, 6) is 0.424. The van der Waals surface area contributed by atoms with Crippen LogP contribution in [0.3, 0.4) is 0 Å². The fraction of sp³-hybridized carbons (Fsp3) is 0.393. The Morgan fingerprint density at radius 2 is 1.56 bits per heavy atom. The first kappa shape index (κ1) is 25.4. The molecule has 0 N–H and O–H groups in total. The third-order valence-corrected chi connectivity index (χ3v) is 5.71. The van der Waals surface area contributed by atoms with Crippen LogP contribution in [0.1, 0.15) is 41.0 Å². The summed E-state index contributed by atoms with van der Waals surface area (Å²) < 4.78 is 11.1. The van der Waals surface area contributed by atoms with Crippen molar-refractivity contribution in [3.63, 3.8) is 0 Å². The highest BCUT2D eigenvalue weighted by atomic mass is 16.6. The topological polar surface area (TPSA) is 64.6 Å². The molecule has 0 fully saturated rings. The number of aromatic nitrogens is 2. The summed E-state index contributed by atoms with van der Waals surface area (Å²) in [6.45, 7) is 10.9. The van der Waals surface area contributed by atoms with E-state index in [-0.39, 0.29) is 18.6 Å². The highest BCUT2D eigenvalue weighted by Crippen LogP contribution is 2.30. The van der Waals surface area contributed by atoms with E-state index in [0.717, 1.165) is 34.8 Å². The lowest BCUT2D eigenvalue weighted by molar-refractivity contribution is -0.161. The number of anilines is 1. The molecule has 0 atom stereocenters. The van der Waals surface area contributed by atoms with Crippen LogP contribution >= 0.6 is 0 Å². The van der Waals surface area contributed by atoms with Crippen molar-refractivity contribution in [1.29, 1.82) is 0 Å². The van der Waals surface area contributed by atoms with Crippen LogP contribution in [0.15, 0.2) is 66.9 Å². The number of rotatable bonds is 11. The van der Waals surface area contributed by atoms with Crippen molar-refractivity contribution in [2.45, 2.75) is 52.7 Å². The first-order chi connectivity index (χ1) is 16.3. The fourth-order valence-corrected chi connectivity index (χ4v) is 3.49. The first-order valence-corrected chi connectivity index (χ1v) is 11.8. The van der Waals surface area contributed by atoms with Crippen molar-refractivity contribution < 1.29 is 14.3 Å². The minimum atomic E-state index is -0.478. The van der Waals surface area contributed by atoms with E-state index in [0.29, 0.717) is 13.2 Å². The Hall–Kier alpha value is -3.25. The minimum Gasteiger partial charge on any atom is -0.458 e. The zero-order chi connectivity index (χ0) is 24.6. The van der Waals surface area contributed by atoms with Crippen molar-refractivity contribution in [3.8, 4) is 22.5 Å². The lowest BCUT2D eigenvalue weighted by atomic mass is 10.0. The summed E-state index contributed by atoms with van der Waals surface area (Å²) in [6.07, 6.45) is 2.56. The largest absolute Gasteiger partial charge is 0.458 e. The predicted octanol–water partition coefficient (Wildman–Crippen LogP) is 5.77. The Bertz CT molecular complexity index is 1050. The Labute approximate surface area is 203 Å². The predicted molar refractivity (Wildman–Crippen MR) is 137 cm³/mol. The molecule has 6 heteroatoms. The molecule has 0 spiro atoms. The summed E-state index contributed by atoms with van der Waals surface area (Å²) in [4.78, 5) is 24.0. The maximum Gasteiger partial charge on any atom is 0.332 e. The van der Waals surface area contributed by atoms with E-state index in [1.54, 1.807) is 0 Å². The van der Waals surface area contributed by atoms with Gasteiger partial charge in [0, 0.05) is 23.7 Å². The molecule has 3 aromatic rings. The SMILES string of the molecule is CCC(C)(C)OC(=O)COCCN(c1cnc(-c2ccccc2)c(-c2ccccc2)n1)C(C)C. The Balaban J connectivity index is 1.77. The third kappa shape index (κ3) is 6.87. The van der Waals surface area contributed by atoms with Gasteiger partial charge in [-0.2, -0.15) is 0 Å². The van der Waals surface area contributed by atoms with E-state index in [1.165, 1.54) is 0 Å². The van der Waals surface area contributed by atoms with Crippen LogP contribution in [0.2, 0.25) is 0 Å². The second-order valence-corrected chi connectivity index (χ2v) is 9.08. The average Bonchev–Trinajstić information content (AvgIpc) is 2.84. The number of nitrogens with zero attached hydrogens (tertiary/aromatic N) is 3. The van der Waals surface area contributed by atoms with E-state index in [2.05, 4.69) is 18.7 Å². The van der Waals surface area contributed by atoms with Crippen LogP contribution in [0.5, 0.6) is 0 Å². The van der Waals surface area contributed by atoms with Gasteiger partial charge in [0.05, 0.1) is 24.2 Å². The molecular formula is C28H35N3O3. The smallest absolute Gasteiger partial charge is 0.332 e. The number of hydrogen-bond acceptors (Lipinski definition) is 6. The first-order valence-electron chi connectivity index (χ1n) is 11.8. The van der Waals surface area contributed by atoms with Gasteiger partial charge in [-0.15, -0.1) is 0 Å². The van der Waals surface area contributed by atoms with E-state index < -0.39 is 5.60 Å². The monoisotopic (exact) mass is 461 g/mol. The molecular weight excluding hydrogens is 426 g/mol. The minimum absolute atomic E-state index is 0.0662. The van der Waals surface area contributed by atoms with Gasteiger partial charge in [-0.1, -0.05) is 67.6 Å². The van der Waals surface area contributed by atoms with Gasteiger partial charge in [-0.3, -0.25) is 4.98 Å². The van der Waals surface area contributed by atoms with Crippen molar-refractivity contribution in [2.24, 2.45) is 0 Å². The van der Waals surface area contributed by atoms with Gasteiger partial charge in [-0.25, -0.2) is 9.78 Å². The zero-order valence-corrected chi connectivity index (χ0v) is 20.8. The Morgan fingerprint density at radius 3 is 2.12 bits per heavy atom. The maximum atomic E-state index is 12.1. The summed E-state index contributed by atoms with van der Waals surface area (Å²) >= 11 is 0. The number of hydrogen-bond donors (Lipinski definition) is 0. The highest BCUT2D eigenvalue weighted by molar-refractivity contribution is 5.78. The van der Waals surface area contributed by atoms with Crippen molar-refractivity contribution in [3.05, 3.63) is 66.9 Å². The van der Waals surface area contributed by atoms with Gasteiger partial charge in [0.15, 0.2) is 0 Å². The molecule has 0 bridgehead atoms. The van der Waals surface area contributed by atoms with Gasteiger partial charge in [-0.05, 0) is 34.1 Å². The molecule has 1 aromatic heterocycles. The third-order valence-electron chi connectivity index (χ3n) is 5.71. The van der Waals surface area contributed by atoms with Crippen LogP contribution < -0.4 is 4.90 Å². The number of carbonyl (C=O) groups is 1. The standard InChI is InChI=1S/C28H35N3O3/c1-6-28(4,5)34-25(32)20-33-18-17-31(21(2)3)24-19-29-26(22-13-9-7-10-14-22)27(30-24)23-15-11-8-12-16-23/h7-16,19,21H,6,17-18,20H2,1-5H3. The molecule has 0 unspecified atom stereocenters. The average molecular weight is 462 g/mol. The number of ether oxygens (including phenoxy) is 2. The number of benzene rings is 2. The second-order valence-electron chi connectivity index (χ2n) is 9.08. The molecule has 0 aliphatic heterocycles. The molecule has 3 rings (SSSR count). The van der Waals surface area contributed by atoms with Crippen molar-refractivity contribution in [2.75, 3.05) is 24.7 Å². The second kappa shape index (κ2) is 11.7. The molecule has 0 aliphatic carbocycles. The summed E-state index contributed by atoms with van der Waals surface area (Å²) in [7, 11) is 0. The Morgan fingerprint density at radius 1 is 0.971 bits per heavy atom. The van der Waals surface area contributed by atoms with Crippen LogP contribution in [-0.4, -0.2) is 47.3 Å². The van der Waals surface area contributed by atoms with Gasteiger partial charge < -0.3 is 14.4 Å². The van der Waals surface area contributed by atoms with Crippen LogP contribution in [0.4, 0.5) is 5.82 Å². The lowest BCUT2D eigenvalue weighted by Crippen LogP contribution is -2.35. The van der Waals surface area contributed by atoms with Crippen molar-refractivity contribution in [1.82, 2.24) is 9.97 Å². The molecule has 0 amide bonds. The van der Waals surface area contributed by atoms with Gasteiger partial charge in [0.25, 0.3) is 0 Å². The van der Waals surface area contributed by atoms with E-state index >= 15 is 0 Å². The van der Waals surface area contributed by atoms with Gasteiger partial charge in [0.1, 0.15) is 18.0 Å². The van der Waals surface area contributed by atoms with Crippen LogP contribution in [-0.2, 0) is 14.3 Å². The molecule has 1 heterocycles. The van der Waals surface area contributed by atoms with E-state index in [4.69, 9.17) is 19.4 Å². The molecule has 2 aromatic carbocycles. The molecule has 34 heavy (non-hydrogen) atoms. The molecule has 0 aliphatic rings. The van der Waals surface area contributed by atoms with Crippen LogP contribution in [0.25, 0.3) is 22.5 Å². The number of esters is 1. The molecule has 180 valence electrons. The lowest BCUT2D eigenvalue weighted by Gasteiger charge is -2.28. The Kier molecular flexibility index (Phi) is 8.77. The zero-order valence-electron chi connectivity index (χ0n) is 20.8. The van der Waals surface area contributed by atoms with E-state index in [1.807, 2.05) is 87.6 Å².